The van der Waals surface area contributed by atoms with Crippen LogP contribution in [0.1, 0.15) is 29.6 Å². The molecule has 1 aliphatic heterocycles. The number of hydrogen-bond donors (Lipinski definition) is 2. The number of aliphatic hydroxyl groups excluding tert-OH is 1. The highest BCUT2D eigenvalue weighted by Gasteiger charge is 2.31. The minimum absolute atomic E-state index is 0.000935. The van der Waals surface area contributed by atoms with Crippen molar-refractivity contribution in [2.75, 3.05) is 19.7 Å². The number of aryl methyl sites for hydroxylation is 1. The van der Waals surface area contributed by atoms with Crippen molar-refractivity contribution in [3.05, 3.63) is 36.0 Å². The van der Waals surface area contributed by atoms with Crippen LogP contribution in [0, 0.1) is 0 Å². The third-order valence-corrected chi connectivity index (χ3v) is 4.63. The van der Waals surface area contributed by atoms with Crippen LogP contribution >= 0.6 is 0 Å². The number of aromatic nitrogens is 1. The van der Waals surface area contributed by atoms with Gasteiger partial charge in [-0.15, -0.1) is 0 Å². The lowest BCUT2D eigenvalue weighted by atomic mass is 9.96. The standard InChI is InChI=1S/C17H22N2O3/c1-18-11-14(13-5-2-3-6-15(13)18)16(21)19-9-4-7-17(22,12-20)8-10-19/h2-3,5-6,11,20,22H,4,7-10,12H2,1H3. The molecule has 2 heterocycles. The summed E-state index contributed by atoms with van der Waals surface area (Å²) in [6, 6.07) is 7.86. The second-order valence-corrected chi connectivity index (χ2v) is 6.20. The van der Waals surface area contributed by atoms with E-state index < -0.39 is 5.60 Å². The molecule has 0 spiro atoms. The van der Waals surface area contributed by atoms with Gasteiger partial charge in [-0.1, -0.05) is 18.2 Å². The van der Waals surface area contributed by atoms with Gasteiger partial charge < -0.3 is 19.7 Å². The summed E-state index contributed by atoms with van der Waals surface area (Å²) < 4.78 is 1.96. The Labute approximate surface area is 129 Å². The number of carbonyl (C=O) groups is 1. The highest BCUT2D eigenvalue weighted by atomic mass is 16.3. The molecule has 1 aromatic carbocycles. The lowest BCUT2D eigenvalue weighted by Crippen LogP contribution is -2.36. The minimum Gasteiger partial charge on any atom is -0.393 e. The van der Waals surface area contributed by atoms with Crippen LogP contribution in [-0.2, 0) is 7.05 Å². The van der Waals surface area contributed by atoms with E-state index >= 15 is 0 Å². The lowest BCUT2D eigenvalue weighted by molar-refractivity contribution is -0.0250. The van der Waals surface area contributed by atoms with Crippen molar-refractivity contribution in [2.45, 2.75) is 24.9 Å². The zero-order valence-corrected chi connectivity index (χ0v) is 12.8. The van der Waals surface area contributed by atoms with E-state index in [0.717, 1.165) is 10.9 Å². The van der Waals surface area contributed by atoms with E-state index in [9.17, 15) is 15.0 Å². The number of fused-ring (bicyclic) bond motifs is 1. The van der Waals surface area contributed by atoms with Crippen LogP contribution in [0.4, 0.5) is 0 Å². The van der Waals surface area contributed by atoms with Gasteiger partial charge >= 0.3 is 0 Å². The van der Waals surface area contributed by atoms with E-state index in [-0.39, 0.29) is 12.5 Å². The molecule has 5 nitrogen and oxygen atoms in total. The smallest absolute Gasteiger partial charge is 0.256 e. The van der Waals surface area contributed by atoms with E-state index in [1.165, 1.54) is 0 Å². The number of carbonyl (C=O) groups excluding carboxylic acids is 1. The van der Waals surface area contributed by atoms with Gasteiger partial charge in [-0.05, 0) is 25.3 Å². The highest BCUT2D eigenvalue weighted by molar-refractivity contribution is 6.07. The molecular formula is C17H22N2O3. The highest BCUT2D eigenvalue weighted by Crippen LogP contribution is 2.25. The maximum atomic E-state index is 12.8. The Morgan fingerprint density at radius 3 is 2.82 bits per heavy atom. The molecule has 118 valence electrons. The molecule has 5 heteroatoms. The van der Waals surface area contributed by atoms with Gasteiger partial charge in [0.25, 0.3) is 5.91 Å². The van der Waals surface area contributed by atoms with Gasteiger partial charge in [0.1, 0.15) is 0 Å². The Kier molecular flexibility index (Phi) is 3.93. The first-order valence-electron chi connectivity index (χ1n) is 7.71. The van der Waals surface area contributed by atoms with Crippen LogP contribution in [0.15, 0.2) is 30.5 Å². The summed E-state index contributed by atoms with van der Waals surface area (Å²) >= 11 is 0. The minimum atomic E-state index is -1.05. The second-order valence-electron chi connectivity index (χ2n) is 6.20. The Morgan fingerprint density at radius 2 is 2.05 bits per heavy atom. The largest absolute Gasteiger partial charge is 0.393 e. The molecule has 1 aromatic heterocycles. The van der Waals surface area contributed by atoms with Gasteiger partial charge in [-0.3, -0.25) is 4.79 Å². The first kappa shape index (κ1) is 15.1. The van der Waals surface area contributed by atoms with Crippen LogP contribution in [0.2, 0.25) is 0 Å². The molecule has 2 aromatic rings. The van der Waals surface area contributed by atoms with E-state index in [0.29, 0.717) is 37.9 Å². The molecule has 0 aliphatic carbocycles. The van der Waals surface area contributed by atoms with Crippen LogP contribution in [0.3, 0.4) is 0 Å². The Bertz CT molecular complexity index is 694. The summed E-state index contributed by atoms with van der Waals surface area (Å²) in [5.41, 5.74) is 0.688. The fourth-order valence-electron chi connectivity index (χ4n) is 3.22. The molecule has 0 bridgehead atoms. The van der Waals surface area contributed by atoms with Gasteiger partial charge in [0.2, 0.25) is 0 Å². The van der Waals surface area contributed by atoms with E-state index in [1.807, 2.05) is 42.1 Å². The average molecular weight is 302 g/mol. The average Bonchev–Trinajstić information content (AvgIpc) is 2.74. The third-order valence-electron chi connectivity index (χ3n) is 4.63. The maximum absolute atomic E-state index is 12.8. The van der Waals surface area contributed by atoms with Crippen molar-refractivity contribution in [2.24, 2.45) is 7.05 Å². The van der Waals surface area contributed by atoms with E-state index in [4.69, 9.17) is 0 Å². The zero-order valence-electron chi connectivity index (χ0n) is 12.8. The predicted octanol–water partition coefficient (Wildman–Crippen LogP) is 1.53. The van der Waals surface area contributed by atoms with Crippen molar-refractivity contribution in [1.82, 2.24) is 9.47 Å². The van der Waals surface area contributed by atoms with Crippen LogP contribution in [0.25, 0.3) is 10.9 Å². The molecule has 1 amide bonds. The Hall–Kier alpha value is -1.85. The van der Waals surface area contributed by atoms with Crippen molar-refractivity contribution in [3.8, 4) is 0 Å². The molecule has 0 saturated carbocycles. The molecule has 1 atom stereocenters. The summed E-state index contributed by atoms with van der Waals surface area (Å²) in [6.45, 7) is 0.840. The molecule has 3 rings (SSSR count). The molecule has 0 radical (unpaired) electrons. The number of para-hydroxylation sites is 1. The number of aliphatic hydroxyl groups is 2. The number of rotatable bonds is 2. The van der Waals surface area contributed by atoms with E-state index in [1.54, 1.807) is 4.90 Å². The quantitative estimate of drug-likeness (QED) is 0.884. The molecule has 1 fully saturated rings. The number of nitrogens with zero attached hydrogens (tertiary/aromatic N) is 2. The Balaban J connectivity index is 1.87. The Morgan fingerprint density at radius 1 is 1.27 bits per heavy atom. The summed E-state index contributed by atoms with van der Waals surface area (Å²) in [5.74, 6) is -0.000935. The zero-order chi connectivity index (χ0) is 15.7. The van der Waals surface area contributed by atoms with Gasteiger partial charge in [-0.2, -0.15) is 0 Å². The van der Waals surface area contributed by atoms with Crippen molar-refractivity contribution < 1.29 is 15.0 Å². The molecule has 1 aliphatic rings. The second kappa shape index (κ2) is 5.74. The number of likely N-dealkylation sites (tertiary alicyclic amines) is 1. The lowest BCUT2D eigenvalue weighted by Gasteiger charge is -2.24. The summed E-state index contributed by atoms with van der Waals surface area (Å²) in [7, 11) is 1.94. The van der Waals surface area contributed by atoms with Crippen molar-refractivity contribution in [1.29, 1.82) is 0 Å². The third kappa shape index (κ3) is 2.62. The van der Waals surface area contributed by atoms with Gasteiger partial charge in [0, 0.05) is 37.2 Å². The normalized spacial score (nSPS) is 22.8. The van der Waals surface area contributed by atoms with Crippen molar-refractivity contribution >= 4 is 16.8 Å². The molecular weight excluding hydrogens is 280 g/mol. The number of benzene rings is 1. The SMILES string of the molecule is Cn1cc(C(=O)N2CCCC(O)(CO)CC2)c2ccccc21. The van der Waals surface area contributed by atoms with E-state index in [2.05, 4.69) is 0 Å². The summed E-state index contributed by atoms with van der Waals surface area (Å²) in [4.78, 5) is 14.6. The van der Waals surface area contributed by atoms with Crippen LogP contribution in [-0.4, -0.2) is 50.9 Å². The van der Waals surface area contributed by atoms with Gasteiger partial charge in [0.15, 0.2) is 0 Å². The molecule has 2 N–H and O–H groups in total. The van der Waals surface area contributed by atoms with Gasteiger partial charge in [-0.25, -0.2) is 0 Å². The first-order chi connectivity index (χ1) is 10.5. The van der Waals surface area contributed by atoms with Crippen LogP contribution < -0.4 is 0 Å². The fourth-order valence-corrected chi connectivity index (χ4v) is 3.22. The molecule has 1 unspecified atom stereocenters. The van der Waals surface area contributed by atoms with Crippen LogP contribution in [0.5, 0.6) is 0 Å². The summed E-state index contributed by atoms with van der Waals surface area (Å²) in [6.07, 6.45) is 3.52. The topological polar surface area (TPSA) is 65.7 Å². The summed E-state index contributed by atoms with van der Waals surface area (Å²) in [5, 5.41) is 20.5. The molecule has 22 heavy (non-hydrogen) atoms. The number of amides is 1. The maximum Gasteiger partial charge on any atom is 0.256 e. The van der Waals surface area contributed by atoms with Crippen molar-refractivity contribution in [3.63, 3.8) is 0 Å². The predicted molar refractivity (Wildman–Crippen MR) is 84.7 cm³/mol. The monoisotopic (exact) mass is 302 g/mol. The fraction of sp³-hybridized carbons (Fsp3) is 0.471. The number of hydrogen-bond acceptors (Lipinski definition) is 3. The first-order valence-corrected chi connectivity index (χ1v) is 7.71. The molecule has 1 saturated heterocycles. The van der Waals surface area contributed by atoms with Gasteiger partial charge in [0.05, 0.1) is 17.8 Å².